The molecule has 0 saturated heterocycles. The van der Waals surface area contributed by atoms with Gasteiger partial charge in [0, 0.05) is 10.0 Å². The second kappa shape index (κ2) is 10.2. The van der Waals surface area contributed by atoms with Gasteiger partial charge in [0.15, 0.2) is 0 Å². The molecule has 0 unspecified atom stereocenters. The first-order valence-electron chi connectivity index (χ1n) is 9.32. The highest BCUT2D eigenvalue weighted by atomic mass is 79.9. The number of hydrogen-bond donors (Lipinski definition) is 1. The second-order valence-electron chi connectivity index (χ2n) is 6.70. The summed E-state index contributed by atoms with van der Waals surface area (Å²) in [7, 11) is -4.49. The molecular weight excluding hydrogens is 525 g/mol. The molecule has 0 aliphatic carbocycles. The summed E-state index contributed by atoms with van der Waals surface area (Å²) in [6.45, 7) is 0. The maximum atomic E-state index is 13.2. The highest BCUT2D eigenvalue weighted by molar-refractivity contribution is 9.10. The van der Waals surface area contributed by atoms with Crippen LogP contribution in [0.15, 0.2) is 87.3 Å². The summed E-state index contributed by atoms with van der Waals surface area (Å²) in [5.74, 6) is -0.552. The van der Waals surface area contributed by atoms with E-state index in [0.29, 0.717) is 17.7 Å². The Bertz CT molecular complexity index is 1280. The Morgan fingerprint density at radius 1 is 1.03 bits per heavy atom. The van der Waals surface area contributed by atoms with Gasteiger partial charge in [-0.05, 0) is 48.0 Å². The molecule has 0 bridgehead atoms. The molecular formula is C22H16BrF3N2O4S. The third-order valence-electron chi connectivity index (χ3n) is 4.20. The highest BCUT2D eigenvalue weighted by Gasteiger charge is 2.32. The molecule has 0 aliphatic heterocycles. The molecule has 3 rings (SSSR count). The average molecular weight is 541 g/mol. The summed E-state index contributed by atoms with van der Waals surface area (Å²) in [4.78, 5) is 11.6. The first-order chi connectivity index (χ1) is 15.5. The lowest BCUT2D eigenvalue weighted by Gasteiger charge is -2.12. The number of carbonyl (C=O) groups is 1. The molecule has 0 radical (unpaired) electrons. The predicted octanol–water partition coefficient (Wildman–Crippen LogP) is 4.93. The zero-order valence-corrected chi connectivity index (χ0v) is 19.1. The van der Waals surface area contributed by atoms with E-state index in [1.807, 2.05) is 0 Å². The van der Waals surface area contributed by atoms with Gasteiger partial charge in [-0.1, -0.05) is 46.3 Å². The topological polar surface area (TPSA) is 84.8 Å². The number of hydrazone groups is 1. The zero-order chi connectivity index (χ0) is 24.1. The number of rotatable bonds is 7. The lowest BCUT2D eigenvalue weighted by molar-refractivity contribution is -0.137. The Labute approximate surface area is 196 Å². The summed E-state index contributed by atoms with van der Waals surface area (Å²) in [5.41, 5.74) is 1.38. The number of benzene rings is 3. The van der Waals surface area contributed by atoms with Gasteiger partial charge < -0.3 is 4.18 Å². The zero-order valence-electron chi connectivity index (χ0n) is 16.7. The molecule has 33 heavy (non-hydrogen) atoms. The van der Waals surface area contributed by atoms with E-state index in [1.165, 1.54) is 12.1 Å². The molecule has 3 aromatic rings. The first kappa shape index (κ1) is 24.5. The highest BCUT2D eigenvalue weighted by Crippen LogP contribution is 2.32. The lowest BCUT2D eigenvalue weighted by atomic mass is 10.1. The normalized spacial score (nSPS) is 12.0. The van der Waals surface area contributed by atoms with Crippen LogP contribution in [0.3, 0.4) is 0 Å². The van der Waals surface area contributed by atoms with Crippen molar-refractivity contribution in [2.75, 3.05) is 0 Å². The van der Waals surface area contributed by atoms with Crippen LogP contribution in [0, 0.1) is 0 Å². The average Bonchev–Trinajstić information content (AvgIpc) is 2.73. The fourth-order valence-electron chi connectivity index (χ4n) is 2.75. The van der Waals surface area contributed by atoms with Gasteiger partial charge in [0.25, 0.3) is 0 Å². The van der Waals surface area contributed by atoms with Crippen LogP contribution in [-0.4, -0.2) is 20.5 Å². The van der Waals surface area contributed by atoms with Gasteiger partial charge in [0.05, 0.1) is 18.2 Å². The summed E-state index contributed by atoms with van der Waals surface area (Å²) in [6.07, 6.45) is -3.92. The largest absolute Gasteiger partial charge is 0.416 e. The van der Waals surface area contributed by atoms with Crippen LogP contribution in [0.1, 0.15) is 16.7 Å². The third kappa shape index (κ3) is 6.90. The molecule has 0 aliphatic rings. The van der Waals surface area contributed by atoms with Crippen LogP contribution in [0.5, 0.6) is 5.75 Å². The molecule has 0 heterocycles. The summed E-state index contributed by atoms with van der Waals surface area (Å²) in [5, 5.41) is 3.64. The SMILES string of the molecule is O=C(Cc1cccc(Br)c1)NN=Cc1cc(C(F)(F)F)ccc1S(=O)(=O)Oc1ccccc1. The number of nitrogens with zero attached hydrogens (tertiary/aromatic N) is 1. The fourth-order valence-corrected chi connectivity index (χ4v) is 4.28. The first-order valence-corrected chi connectivity index (χ1v) is 11.5. The van der Waals surface area contributed by atoms with Gasteiger partial charge in [0.1, 0.15) is 10.6 Å². The fraction of sp³-hybridized carbons (Fsp3) is 0.0909. The molecule has 11 heteroatoms. The molecule has 172 valence electrons. The number of carbonyl (C=O) groups excluding carboxylic acids is 1. The molecule has 3 aromatic carbocycles. The van der Waals surface area contributed by atoms with Crippen molar-refractivity contribution < 1.29 is 30.6 Å². The van der Waals surface area contributed by atoms with Crippen molar-refractivity contribution in [1.82, 2.24) is 5.43 Å². The predicted molar refractivity (Wildman–Crippen MR) is 119 cm³/mol. The van der Waals surface area contributed by atoms with Gasteiger partial charge in [-0.15, -0.1) is 0 Å². The Hall–Kier alpha value is -3.18. The van der Waals surface area contributed by atoms with Crippen molar-refractivity contribution >= 4 is 38.2 Å². The number of para-hydroxylation sites is 1. The van der Waals surface area contributed by atoms with Crippen molar-refractivity contribution in [2.24, 2.45) is 5.10 Å². The van der Waals surface area contributed by atoms with E-state index in [2.05, 4.69) is 26.5 Å². The van der Waals surface area contributed by atoms with Gasteiger partial charge in [-0.25, -0.2) is 5.43 Å². The van der Waals surface area contributed by atoms with E-state index in [4.69, 9.17) is 4.18 Å². The summed E-state index contributed by atoms with van der Waals surface area (Å²) >= 11 is 3.29. The van der Waals surface area contributed by atoms with E-state index in [1.54, 1.807) is 42.5 Å². The smallest absolute Gasteiger partial charge is 0.379 e. The van der Waals surface area contributed by atoms with Crippen LogP contribution in [-0.2, 0) is 27.5 Å². The molecule has 1 amide bonds. The van der Waals surface area contributed by atoms with Crippen LogP contribution < -0.4 is 9.61 Å². The Morgan fingerprint density at radius 3 is 2.42 bits per heavy atom. The van der Waals surface area contributed by atoms with Gasteiger partial charge >= 0.3 is 16.3 Å². The Kier molecular flexibility index (Phi) is 7.54. The van der Waals surface area contributed by atoms with Crippen molar-refractivity contribution in [3.8, 4) is 5.75 Å². The molecule has 0 saturated carbocycles. The van der Waals surface area contributed by atoms with E-state index < -0.39 is 38.2 Å². The Balaban J connectivity index is 1.86. The molecule has 0 fully saturated rings. The Morgan fingerprint density at radius 2 is 1.76 bits per heavy atom. The minimum absolute atomic E-state index is 0.0115. The molecule has 1 N–H and O–H groups in total. The number of amides is 1. The van der Waals surface area contributed by atoms with Gasteiger partial charge in [-0.3, -0.25) is 4.79 Å². The van der Waals surface area contributed by atoms with E-state index in [9.17, 15) is 26.4 Å². The van der Waals surface area contributed by atoms with Crippen molar-refractivity contribution in [3.05, 3.63) is 94.0 Å². The van der Waals surface area contributed by atoms with Crippen molar-refractivity contribution in [2.45, 2.75) is 17.5 Å². The van der Waals surface area contributed by atoms with Crippen LogP contribution in [0.4, 0.5) is 13.2 Å². The number of hydrogen-bond acceptors (Lipinski definition) is 5. The number of alkyl halides is 3. The monoisotopic (exact) mass is 540 g/mol. The van der Waals surface area contributed by atoms with Crippen LogP contribution in [0.2, 0.25) is 0 Å². The summed E-state index contributed by atoms with van der Waals surface area (Å²) in [6, 6.07) is 16.5. The van der Waals surface area contributed by atoms with E-state index in [-0.39, 0.29) is 12.2 Å². The maximum absolute atomic E-state index is 13.2. The number of halogens is 4. The minimum Gasteiger partial charge on any atom is -0.379 e. The molecule has 0 atom stereocenters. The molecule has 0 aromatic heterocycles. The second-order valence-corrected chi connectivity index (χ2v) is 9.13. The molecule has 6 nitrogen and oxygen atoms in total. The number of nitrogens with one attached hydrogen (secondary N) is 1. The summed E-state index contributed by atoms with van der Waals surface area (Å²) < 4.78 is 70.7. The van der Waals surface area contributed by atoms with Gasteiger partial charge in [0.2, 0.25) is 5.91 Å². The third-order valence-corrected chi connectivity index (χ3v) is 6.02. The lowest BCUT2D eigenvalue weighted by Crippen LogP contribution is -2.20. The minimum atomic E-state index is -4.71. The van der Waals surface area contributed by atoms with Crippen molar-refractivity contribution in [1.29, 1.82) is 0 Å². The quantitative estimate of drug-likeness (QED) is 0.261. The maximum Gasteiger partial charge on any atom is 0.416 e. The van der Waals surface area contributed by atoms with E-state index >= 15 is 0 Å². The van der Waals surface area contributed by atoms with Crippen molar-refractivity contribution in [3.63, 3.8) is 0 Å². The standard InChI is InChI=1S/C22H16BrF3N2O4S/c23-18-6-4-5-15(11-18)12-21(29)28-27-14-16-13-17(22(24,25)26)9-10-20(16)33(30,31)32-19-7-2-1-3-8-19/h1-11,13-14H,12H2,(H,28,29). The van der Waals surface area contributed by atoms with Crippen LogP contribution in [0.25, 0.3) is 0 Å². The molecule has 0 spiro atoms. The van der Waals surface area contributed by atoms with E-state index in [0.717, 1.165) is 16.8 Å². The van der Waals surface area contributed by atoms with Gasteiger partial charge in [-0.2, -0.15) is 26.7 Å². The van der Waals surface area contributed by atoms with Crippen LogP contribution >= 0.6 is 15.9 Å².